The lowest BCUT2D eigenvalue weighted by molar-refractivity contribution is 0.614. The van der Waals surface area contributed by atoms with Crippen LogP contribution >= 0.6 is 0 Å². The molecule has 92 valence electrons. The number of rotatable bonds is 2. The van der Waals surface area contributed by atoms with Gasteiger partial charge in [0.25, 0.3) is 0 Å². The van der Waals surface area contributed by atoms with Crippen molar-refractivity contribution in [1.82, 2.24) is 0 Å². The molecule has 1 N–H and O–H groups in total. The maximum Gasteiger partial charge on any atom is 0.126 e. The molecule has 2 aromatic rings. The zero-order chi connectivity index (χ0) is 12.4. The average molecular weight is 241 g/mol. The lowest BCUT2D eigenvalue weighted by Crippen LogP contribution is -2.11. The summed E-state index contributed by atoms with van der Waals surface area (Å²) in [5, 5.41) is 3.41. The van der Waals surface area contributed by atoms with Gasteiger partial charge in [-0.2, -0.15) is 0 Å². The highest BCUT2D eigenvalue weighted by Crippen LogP contribution is 2.24. The fourth-order valence-corrected chi connectivity index (χ4v) is 2.48. The van der Waals surface area contributed by atoms with Crippen molar-refractivity contribution >= 4 is 5.69 Å². The van der Waals surface area contributed by atoms with Crippen LogP contribution < -0.4 is 5.32 Å². The topological polar surface area (TPSA) is 12.0 Å². The number of benzene rings is 2. The molecule has 0 aliphatic carbocycles. The van der Waals surface area contributed by atoms with E-state index in [1.54, 1.807) is 6.07 Å². The zero-order valence-corrected chi connectivity index (χ0v) is 10.2. The minimum absolute atomic E-state index is 0.122. The second kappa shape index (κ2) is 4.81. The van der Waals surface area contributed by atoms with Crippen molar-refractivity contribution in [1.29, 1.82) is 0 Å². The van der Waals surface area contributed by atoms with Crippen LogP contribution in [0.15, 0.2) is 42.5 Å². The van der Waals surface area contributed by atoms with Crippen LogP contribution in [0.25, 0.3) is 0 Å². The van der Waals surface area contributed by atoms with Crippen LogP contribution in [0.1, 0.15) is 23.1 Å². The number of hydrogen-bond donors (Lipinski definition) is 1. The normalized spacial score (nSPS) is 13.8. The van der Waals surface area contributed by atoms with Crippen molar-refractivity contribution in [2.45, 2.75) is 19.3 Å². The van der Waals surface area contributed by atoms with Crippen LogP contribution in [-0.4, -0.2) is 6.54 Å². The first-order valence-corrected chi connectivity index (χ1v) is 6.42. The summed E-state index contributed by atoms with van der Waals surface area (Å²) in [5.74, 6) is -0.122. The molecule has 0 saturated carbocycles. The summed E-state index contributed by atoms with van der Waals surface area (Å²) >= 11 is 0. The second-order valence-electron chi connectivity index (χ2n) is 4.79. The SMILES string of the molecule is Fc1ccccc1Cc1ccc2c(c1)NCCC2. The number of halogens is 1. The predicted molar refractivity (Wildman–Crippen MR) is 72.5 cm³/mol. The molecule has 3 rings (SSSR count). The third-order valence-electron chi connectivity index (χ3n) is 3.47. The molecule has 0 bridgehead atoms. The Balaban J connectivity index is 1.87. The van der Waals surface area contributed by atoms with Crippen LogP contribution in [0.3, 0.4) is 0 Å². The fraction of sp³-hybridized carbons (Fsp3) is 0.250. The summed E-state index contributed by atoms with van der Waals surface area (Å²) in [6.07, 6.45) is 2.99. The van der Waals surface area contributed by atoms with E-state index in [-0.39, 0.29) is 5.82 Å². The molecule has 0 fully saturated rings. The maximum atomic E-state index is 13.6. The molecule has 18 heavy (non-hydrogen) atoms. The van der Waals surface area contributed by atoms with Gasteiger partial charge >= 0.3 is 0 Å². The van der Waals surface area contributed by atoms with Crippen molar-refractivity contribution in [3.05, 3.63) is 65.0 Å². The van der Waals surface area contributed by atoms with Gasteiger partial charge in [0, 0.05) is 18.7 Å². The highest BCUT2D eigenvalue weighted by molar-refractivity contribution is 5.55. The predicted octanol–water partition coefficient (Wildman–Crippen LogP) is 3.77. The smallest absolute Gasteiger partial charge is 0.126 e. The lowest BCUT2D eigenvalue weighted by Gasteiger charge is -2.18. The van der Waals surface area contributed by atoms with Crippen LogP contribution in [0.2, 0.25) is 0 Å². The fourth-order valence-electron chi connectivity index (χ4n) is 2.48. The first-order valence-electron chi connectivity index (χ1n) is 6.42. The van der Waals surface area contributed by atoms with Crippen LogP contribution in [0.5, 0.6) is 0 Å². The average Bonchev–Trinajstić information content (AvgIpc) is 2.41. The maximum absolute atomic E-state index is 13.6. The van der Waals surface area contributed by atoms with Gasteiger partial charge in [-0.3, -0.25) is 0 Å². The van der Waals surface area contributed by atoms with Crippen molar-refractivity contribution in [3.63, 3.8) is 0 Å². The van der Waals surface area contributed by atoms with Crippen LogP contribution in [-0.2, 0) is 12.8 Å². The molecule has 0 aromatic heterocycles. The Kier molecular flexibility index (Phi) is 3.01. The summed E-state index contributed by atoms with van der Waals surface area (Å²) in [5.41, 5.74) is 4.51. The second-order valence-corrected chi connectivity index (χ2v) is 4.79. The minimum Gasteiger partial charge on any atom is -0.385 e. The van der Waals surface area contributed by atoms with Crippen molar-refractivity contribution in [3.8, 4) is 0 Å². The first-order chi connectivity index (χ1) is 8.83. The van der Waals surface area contributed by atoms with Gasteiger partial charge in [0.2, 0.25) is 0 Å². The third-order valence-corrected chi connectivity index (χ3v) is 3.47. The molecule has 0 radical (unpaired) electrons. The van der Waals surface area contributed by atoms with E-state index in [2.05, 4.69) is 23.5 Å². The Morgan fingerprint density at radius 3 is 2.89 bits per heavy atom. The summed E-state index contributed by atoms with van der Waals surface area (Å²) in [4.78, 5) is 0. The molecule has 1 aliphatic rings. The van der Waals surface area contributed by atoms with E-state index >= 15 is 0 Å². The summed E-state index contributed by atoms with van der Waals surface area (Å²) in [6.45, 7) is 1.04. The number of aryl methyl sites for hydroxylation is 1. The van der Waals surface area contributed by atoms with Gasteiger partial charge in [0.1, 0.15) is 5.82 Å². The molecule has 0 atom stereocenters. The molecule has 2 aromatic carbocycles. The zero-order valence-electron chi connectivity index (χ0n) is 10.2. The van der Waals surface area contributed by atoms with Crippen LogP contribution in [0, 0.1) is 5.82 Å². The van der Waals surface area contributed by atoms with E-state index in [0.717, 1.165) is 24.1 Å². The van der Waals surface area contributed by atoms with Gasteiger partial charge in [0.15, 0.2) is 0 Å². The van der Waals surface area contributed by atoms with E-state index in [4.69, 9.17) is 0 Å². The van der Waals surface area contributed by atoms with E-state index < -0.39 is 0 Å². The van der Waals surface area contributed by atoms with Crippen molar-refractivity contribution in [2.24, 2.45) is 0 Å². The first kappa shape index (κ1) is 11.3. The molecule has 1 aliphatic heterocycles. The van der Waals surface area contributed by atoms with Crippen LogP contribution in [0.4, 0.5) is 10.1 Å². The number of anilines is 1. The number of fused-ring (bicyclic) bond motifs is 1. The minimum atomic E-state index is -0.122. The van der Waals surface area contributed by atoms with Gasteiger partial charge in [-0.05, 0) is 41.7 Å². The summed E-state index contributed by atoms with van der Waals surface area (Å²) in [6, 6.07) is 13.4. The van der Waals surface area contributed by atoms with Gasteiger partial charge in [-0.25, -0.2) is 4.39 Å². The molecule has 0 spiro atoms. The lowest BCUT2D eigenvalue weighted by atomic mass is 9.98. The molecule has 0 amide bonds. The standard InChI is InChI=1S/C16H16FN/c17-15-6-2-1-4-14(15)10-12-7-8-13-5-3-9-18-16(13)11-12/h1-2,4,6-8,11,18H,3,5,9-10H2. The molecule has 1 nitrogen and oxygen atoms in total. The van der Waals surface area contributed by atoms with E-state index in [1.807, 2.05) is 12.1 Å². The quantitative estimate of drug-likeness (QED) is 0.843. The summed E-state index contributed by atoms with van der Waals surface area (Å²) in [7, 11) is 0. The Bertz CT molecular complexity index is 563. The van der Waals surface area contributed by atoms with E-state index in [0.29, 0.717) is 6.42 Å². The largest absolute Gasteiger partial charge is 0.385 e. The molecule has 0 unspecified atom stereocenters. The molecular formula is C16H16FN. The van der Waals surface area contributed by atoms with Gasteiger partial charge < -0.3 is 5.32 Å². The number of hydrogen-bond acceptors (Lipinski definition) is 1. The molecule has 1 heterocycles. The molecular weight excluding hydrogens is 225 g/mol. The van der Waals surface area contributed by atoms with Gasteiger partial charge in [0.05, 0.1) is 0 Å². The van der Waals surface area contributed by atoms with E-state index in [1.165, 1.54) is 23.7 Å². The Hall–Kier alpha value is -1.83. The molecule has 2 heteroatoms. The third kappa shape index (κ3) is 2.23. The summed E-state index contributed by atoms with van der Waals surface area (Å²) < 4.78 is 13.6. The Labute approximate surface area is 107 Å². The van der Waals surface area contributed by atoms with Crippen molar-refractivity contribution < 1.29 is 4.39 Å². The van der Waals surface area contributed by atoms with Gasteiger partial charge in [-0.15, -0.1) is 0 Å². The Morgan fingerprint density at radius 1 is 1.11 bits per heavy atom. The highest BCUT2D eigenvalue weighted by atomic mass is 19.1. The Morgan fingerprint density at radius 2 is 2.00 bits per heavy atom. The van der Waals surface area contributed by atoms with Gasteiger partial charge in [-0.1, -0.05) is 30.3 Å². The van der Waals surface area contributed by atoms with E-state index in [9.17, 15) is 4.39 Å². The molecule has 0 saturated heterocycles. The highest BCUT2D eigenvalue weighted by Gasteiger charge is 2.09. The number of nitrogens with one attached hydrogen (secondary N) is 1. The monoisotopic (exact) mass is 241 g/mol. The van der Waals surface area contributed by atoms with Crippen molar-refractivity contribution in [2.75, 3.05) is 11.9 Å².